The zero-order valence-corrected chi connectivity index (χ0v) is 34.3. The van der Waals surface area contributed by atoms with Crippen molar-refractivity contribution >= 4 is 0 Å². The minimum absolute atomic E-state index is 0.331. The second-order valence-corrected chi connectivity index (χ2v) is 11.3. The quantitative estimate of drug-likeness (QED) is 0.156. The maximum absolute atomic E-state index is 4.80. The summed E-state index contributed by atoms with van der Waals surface area (Å²) in [6.07, 6.45) is 4.90. The van der Waals surface area contributed by atoms with Gasteiger partial charge < -0.3 is 4.57 Å². The summed E-state index contributed by atoms with van der Waals surface area (Å²) in [5.74, 6) is 1.63. The first-order valence-electron chi connectivity index (χ1n) is 19.6. The number of rotatable bonds is 8. The molecule has 0 unspecified atom stereocenters. The predicted octanol–water partition coefficient (Wildman–Crippen LogP) is 15.0. The third kappa shape index (κ3) is 11.4. The fourth-order valence-electron chi connectivity index (χ4n) is 5.80. The first-order chi connectivity index (χ1) is 25.0. The average Bonchev–Trinajstić information content (AvgIpc) is 3.87. The Kier molecular flexibility index (Phi) is 21.3. The van der Waals surface area contributed by atoms with E-state index >= 15 is 0 Å². The van der Waals surface area contributed by atoms with Crippen molar-refractivity contribution in [3.8, 4) is 34.0 Å². The van der Waals surface area contributed by atoms with Crippen molar-refractivity contribution < 1.29 is 0 Å². The lowest BCUT2D eigenvalue weighted by Crippen LogP contribution is -2.09. The summed E-state index contributed by atoms with van der Waals surface area (Å²) in [6, 6.07) is 41.4. The molecule has 0 amide bonds. The molecule has 2 aromatic heterocycles. The number of para-hydroxylation sites is 1. The normalized spacial score (nSPS) is 9.80. The average molecular weight is 686 g/mol. The lowest BCUT2D eigenvalue weighted by molar-refractivity contribution is 0.806. The molecule has 3 heteroatoms. The molecular formula is C48H67N3. The van der Waals surface area contributed by atoms with Gasteiger partial charge >= 0.3 is 0 Å². The fourth-order valence-corrected chi connectivity index (χ4v) is 5.80. The molecule has 4 aromatic carbocycles. The van der Waals surface area contributed by atoms with Crippen LogP contribution in [0.4, 0.5) is 0 Å². The van der Waals surface area contributed by atoms with Gasteiger partial charge in [0.1, 0.15) is 5.82 Å². The first-order valence-corrected chi connectivity index (χ1v) is 19.6. The number of imidazole rings is 1. The zero-order valence-electron chi connectivity index (χ0n) is 34.3. The minimum atomic E-state index is 0.331. The van der Waals surface area contributed by atoms with Crippen molar-refractivity contribution in [2.24, 2.45) is 0 Å². The highest BCUT2D eigenvalue weighted by Gasteiger charge is 2.22. The Morgan fingerprint density at radius 1 is 0.529 bits per heavy atom. The topological polar surface area (TPSA) is 22.8 Å². The van der Waals surface area contributed by atoms with E-state index in [1.165, 1.54) is 45.0 Å². The van der Waals surface area contributed by atoms with Crippen LogP contribution in [0, 0.1) is 0 Å². The van der Waals surface area contributed by atoms with Crippen LogP contribution in [0.15, 0.2) is 128 Å². The van der Waals surface area contributed by atoms with E-state index in [0.717, 1.165) is 17.8 Å². The largest absolute Gasteiger partial charge is 0.313 e. The van der Waals surface area contributed by atoms with Crippen molar-refractivity contribution in [1.29, 1.82) is 0 Å². The molecular weight excluding hydrogens is 619 g/mol. The van der Waals surface area contributed by atoms with Gasteiger partial charge in [-0.1, -0.05) is 176 Å². The molecule has 0 aliphatic heterocycles. The maximum atomic E-state index is 4.80. The lowest BCUT2D eigenvalue weighted by Gasteiger charge is -2.24. The van der Waals surface area contributed by atoms with E-state index in [0.29, 0.717) is 11.8 Å². The van der Waals surface area contributed by atoms with Crippen molar-refractivity contribution in [2.75, 3.05) is 0 Å². The van der Waals surface area contributed by atoms with Crippen molar-refractivity contribution in [1.82, 2.24) is 14.1 Å². The summed E-state index contributed by atoms with van der Waals surface area (Å²) in [6.45, 7) is 29.2. The molecule has 0 bridgehead atoms. The summed E-state index contributed by atoms with van der Waals surface area (Å²) in [5, 5.41) is 0. The number of benzene rings is 4. The molecule has 6 rings (SSSR count). The van der Waals surface area contributed by atoms with Gasteiger partial charge in [-0.15, -0.1) is 0 Å². The first kappa shape index (κ1) is 44.4. The van der Waals surface area contributed by atoms with E-state index in [4.69, 9.17) is 4.98 Å². The van der Waals surface area contributed by atoms with Crippen molar-refractivity contribution in [3.63, 3.8) is 0 Å². The number of aromatic nitrogens is 3. The van der Waals surface area contributed by atoms with Crippen LogP contribution >= 0.6 is 0 Å². The van der Waals surface area contributed by atoms with E-state index in [9.17, 15) is 0 Å². The van der Waals surface area contributed by atoms with E-state index < -0.39 is 0 Å². The van der Waals surface area contributed by atoms with Gasteiger partial charge in [-0.05, 0) is 70.5 Å². The van der Waals surface area contributed by atoms with Crippen LogP contribution in [0.3, 0.4) is 0 Å². The standard InChI is InChI=1S/C38H37N3.5C2H6/c1-27(2)34-25-31(26-35(28(3)4)37(34)40-23-22-39-38(40)30-16-10-6-11-17-30)36-21-20-33(24-29-14-8-5-9-15-29)41(36)32-18-12-7-13-19-32;5*1-2/h5-23,25-28H,24H2,1-4H3;5*1-2H3. The Bertz CT molecular complexity index is 1710. The van der Waals surface area contributed by atoms with Gasteiger partial charge in [-0.25, -0.2) is 4.98 Å². The minimum Gasteiger partial charge on any atom is -0.313 e. The van der Waals surface area contributed by atoms with E-state index in [1.54, 1.807) is 0 Å². The molecule has 3 nitrogen and oxygen atoms in total. The monoisotopic (exact) mass is 686 g/mol. The maximum Gasteiger partial charge on any atom is 0.144 e. The lowest BCUT2D eigenvalue weighted by atomic mass is 9.89. The summed E-state index contributed by atoms with van der Waals surface area (Å²) in [7, 11) is 0. The van der Waals surface area contributed by atoms with Crippen LogP contribution in [0.5, 0.6) is 0 Å². The van der Waals surface area contributed by atoms with Crippen LogP contribution in [0.1, 0.15) is 131 Å². The summed E-state index contributed by atoms with van der Waals surface area (Å²) < 4.78 is 4.73. The molecule has 0 fully saturated rings. The molecule has 0 radical (unpaired) electrons. The van der Waals surface area contributed by atoms with Gasteiger partial charge in [0.15, 0.2) is 0 Å². The van der Waals surface area contributed by atoms with E-state index in [1.807, 2.05) is 75.4 Å². The smallest absolute Gasteiger partial charge is 0.144 e. The fraction of sp³-hybridized carbons (Fsp3) is 0.354. The van der Waals surface area contributed by atoms with Gasteiger partial charge in [0, 0.05) is 35.8 Å². The van der Waals surface area contributed by atoms with Crippen LogP contribution in [-0.2, 0) is 6.42 Å². The molecule has 0 atom stereocenters. The Morgan fingerprint density at radius 2 is 1.00 bits per heavy atom. The predicted molar refractivity (Wildman–Crippen MR) is 228 cm³/mol. The van der Waals surface area contributed by atoms with Gasteiger partial charge in [0.25, 0.3) is 0 Å². The summed E-state index contributed by atoms with van der Waals surface area (Å²) in [5.41, 5.74) is 11.2. The molecule has 0 saturated carbocycles. The van der Waals surface area contributed by atoms with Crippen LogP contribution in [-0.4, -0.2) is 14.1 Å². The third-order valence-corrected chi connectivity index (χ3v) is 7.83. The number of nitrogens with zero attached hydrogens (tertiary/aromatic N) is 3. The second kappa shape index (κ2) is 24.5. The van der Waals surface area contributed by atoms with Crippen LogP contribution < -0.4 is 0 Å². The summed E-state index contributed by atoms with van der Waals surface area (Å²) >= 11 is 0. The summed E-state index contributed by atoms with van der Waals surface area (Å²) in [4.78, 5) is 4.80. The molecule has 274 valence electrons. The van der Waals surface area contributed by atoms with Gasteiger partial charge in [-0.3, -0.25) is 4.57 Å². The highest BCUT2D eigenvalue weighted by Crippen LogP contribution is 2.39. The Labute approximate surface area is 312 Å². The molecule has 0 aliphatic carbocycles. The van der Waals surface area contributed by atoms with Crippen molar-refractivity contribution in [3.05, 3.63) is 150 Å². The van der Waals surface area contributed by atoms with Gasteiger partial charge in [-0.2, -0.15) is 0 Å². The van der Waals surface area contributed by atoms with Crippen LogP contribution in [0.2, 0.25) is 0 Å². The highest BCUT2D eigenvalue weighted by atomic mass is 15.1. The van der Waals surface area contributed by atoms with E-state index in [-0.39, 0.29) is 0 Å². The zero-order chi connectivity index (χ0) is 38.3. The third-order valence-electron chi connectivity index (χ3n) is 7.83. The Morgan fingerprint density at radius 3 is 1.49 bits per heavy atom. The van der Waals surface area contributed by atoms with Crippen molar-refractivity contribution in [2.45, 2.75) is 115 Å². The Balaban J connectivity index is 0.00000120. The van der Waals surface area contributed by atoms with E-state index in [2.05, 4.69) is 158 Å². The highest BCUT2D eigenvalue weighted by molar-refractivity contribution is 5.72. The number of hydrogen-bond donors (Lipinski definition) is 0. The van der Waals surface area contributed by atoms with Gasteiger partial charge in [0.2, 0.25) is 0 Å². The Hall–Kier alpha value is -4.63. The number of hydrogen-bond acceptors (Lipinski definition) is 1. The molecule has 2 heterocycles. The molecule has 0 aliphatic rings. The van der Waals surface area contributed by atoms with Crippen LogP contribution in [0.25, 0.3) is 34.0 Å². The SMILES string of the molecule is CC.CC.CC.CC.CC.CC(C)c1cc(-c2ccc(Cc3ccccc3)n2-c2ccccc2)cc(C(C)C)c1-n1ccnc1-c1ccccc1. The molecule has 6 aromatic rings. The molecule has 0 N–H and O–H groups in total. The molecule has 0 saturated heterocycles. The second-order valence-electron chi connectivity index (χ2n) is 11.3. The molecule has 0 spiro atoms. The molecule has 51 heavy (non-hydrogen) atoms. The van der Waals surface area contributed by atoms with Gasteiger partial charge in [0.05, 0.1) is 11.4 Å².